The highest BCUT2D eigenvalue weighted by atomic mass is 15.3. The Labute approximate surface area is 122 Å². The van der Waals surface area contributed by atoms with Gasteiger partial charge in [-0.1, -0.05) is 18.2 Å². The lowest BCUT2D eigenvalue weighted by molar-refractivity contribution is 0.515. The largest absolute Gasteiger partial charge is 0.313 e. The van der Waals surface area contributed by atoms with E-state index in [1.165, 1.54) is 16.7 Å². The second-order valence-corrected chi connectivity index (χ2v) is 5.77. The van der Waals surface area contributed by atoms with Gasteiger partial charge < -0.3 is 5.32 Å². The third kappa shape index (κ3) is 3.28. The Hall–Kier alpha value is -1.61. The molecule has 2 rings (SSSR count). The minimum absolute atomic E-state index is 0.310. The van der Waals surface area contributed by atoms with Crippen LogP contribution >= 0.6 is 0 Å². The van der Waals surface area contributed by atoms with Gasteiger partial charge in [0, 0.05) is 24.7 Å². The topological polar surface area (TPSA) is 29.9 Å². The fraction of sp³-hybridized carbons (Fsp3) is 0.471. The summed E-state index contributed by atoms with van der Waals surface area (Å²) in [5.74, 6) is 0. The molecule has 108 valence electrons. The van der Waals surface area contributed by atoms with E-state index in [2.05, 4.69) is 68.6 Å². The summed E-state index contributed by atoms with van der Waals surface area (Å²) in [6.45, 7) is 8.61. The van der Waals surface area contributed by atoms with Crippen LogP contribution in [-0.4, -0.2) is 16.8 Å². The fourth-order valence-electron chi connectivity index (χ4n) is 2.35. The number of aromatic nitrogens is 2. The van der Waals surface area contributed by atoms with E-state index in [1.807, 2.05) is 11.7 Å². The first kappa shape index (κ1) is 14.8. The summed E-state index contributed by atoms with van der Waals surface area (Å²) < 4.78 is 2.02. The summed E-state index contributed by atoms with van der Waals surface area (Å²) >= 11 is 0. The predicted molar refractivity (Wildman–Crippen MR) is 84.0 cm³/mol. The summed E-state index contributed by atoms with van der Waals surface area (Å²) in [5, 5.41) is 8.04. The van der Waals surface area contributed by atoms with Gasteiger partial charge in [-0.2, -0.15) is 5.10 Å². The maximum Gasteiger partial charge on any atom is 0.0643 e. The van der Waals surface area contributed by atoms with Gasteiger partial charge in [0.2, 0.25) is 0 Å². The summed E-state index contributed by atoms with van der Waals surface area (Å²) in [4.78, 5) is 0. The summed E-state index contributed by atoms with van der Waals surface area (Å²) in [6.07, 6.45) is 2.98. The number of aryl methyl sites for hydroxylation is 2. The molecule has 1 N–H and O–H groups in total. The predicted octanol–water partition coefficient (Wildman–Crippen LogP) is 3.58. The van der Waals surface area contributed by atoms with Crippen molar-refractivity contribution < 1.29 is 0 Å². The molecule has 0 radical (unpaired) electrons. The molecule has 1 heterocycles. The maximum absolute atomic E-state index is 4.64. The van der Waals surface area contributed by atoms with E-state index in [0.717, 1.165) is 12.1 Å². The Morgan fingerprint density at radius 1 is 1.15 bits per heavy atom. The zero-order valence-corrected chi connectivity index (χ0v) is 13.1. The van der Waals surface area contributed by atoms with E-state index in [1.54, 1.807) is 0 Å². The molecule has 1 aromatic heterocycles. The van der Waals surface area contributed by atoms with Crippen molar-refractivity contribution in [1.29, 1.82) is 0 Å². The van der Waals surface area contributed by atoms with Crippen LogP contribution in [0.5, 0.6) is 0 Å². The first-order valence-electron chi connectivity index (χ1n) is 7.29. The number of hydrogen-bond acceptors (Lipinski definition) is 2. The molecule has 0 aliphatic heterocycles. The van der Waals surface area contributed by atoms with E-state index >= 15 is 0 Å². The number of likely N-dealkylation sites (N-methyl/N-ethyl adjacent to an activating group) is 1. The number of hydrogen-bond donors (Lipinski definition) is 1. The van der Waals surface area contributed by atoms with Crippen LogP contribution in [0, 0.1) is 13.8 Å². The minimum Gasteiger partial charge on any atom is -0.313 e. The van der Waals surface area contributed by atoms with Crippen LogP contribution in [0.4, 0.5) is 0 Å². The molecule has 3 nitrogen and oxygen atoms in total. The molecule has 20 heavy (non-hydrogen) atoms. The first-order chi connectivity index (χ1) is 9.51. The van der Waals surface area contributed by atoms with Crippen molar-refractivity contribution in [2.45, 2.75) is 46.2 Å². The second kappa shape index (κ2) is 6.23. The number of nitrogens with zero attached hydrogens (tertiary/aromatic N) is 2. The van der Waals surface area contributed by atoms with Gasteiger partial charge in [0.15, 0.2) is 0 Å². The Kier molecular flexibility index (Phi) is 4.61. The van der Waals surface area contributed by atoms with Gasteiger partial charge in [0.25, 0.3) is 0 Å². The highest BCUT2D eigenvalue weighted by Gasteiger charge is 2.13. The van der Waals surface area contributed by atoms with Gasteiger partial charge in [-0.3, -0.25) is 4.68 Å². The highest BCUT2D eigenvalue weighted by molar-refractivity contribution is 5.32. The van der Waals surface area contributed by atoms with Crippen LogP contribution in [0.1, 0.15) is 48.3 Å². The number of benzene rings is 1. The van der Waals surface area contributed by atoms with Gasteiger partial charge in [-0.15, -0.1) is 0 Å². The van der Waals surface area contributed by atoms with E-state index in [4.69, 9.17) is 0 Å². The van der Waals surface area contributed by atoms with Crippen LogP contribution in [0.3, 0.4) is 0 Å². The third-order valence-electron chi connectivity index (χ3n) is 3.89. The molecule has 0 fully saturated rings. The molecule has 0 saturated heterocycles. The molecule has 3 heteroatoms. The average Bonchev–Trinajstić information content (AvgIpc) is 2.88. The van der Waals surface area contributed by atoms with Crippen molar-refractivity contribution in [2.75, 3.05) is 7.05 Å². The van der Waals surface area contributed by atoms with Gasteiger partial charge >= 0.3 is 0 Å². The smallest absolute Gasteiger partial charge is 0.0643 e. The molecule has 0 amide bonds. The van der Waals surface area contributed by atoms with Crippen molar-refractivity contribution in [3.63, 3.8) is 0 Å². The van der Waals surface area contributed by atoms with Gasteiger partial charge in [0.05, 0.1) is 5.69 Å². The minimum atomic E-state index is 0.310. The molecule has 0 bridgehead atoms. The number of rotatable bonds is 5. The van der Waals surface area contributed by atoms with Crippen molar-refractivity contribution in [1.82, 2.24) is 15.1 Å². The second-order valence-electron chi connectivity index (χ2n) is 5.77. The summed E-state index contributed by atoms with van der Waals surface area (Å²) in [7, 11) is 2.01. The van der Waals surface area contributed by atoms with E-state index in [0.29, 0.717) is 12.1 Å². The lowest BCUT2D eigenvalue weighted by Crippen LogP contribution is -2.19. The molecule has 0 aliphatic rings. The van der Waals surface area contributed by atoms with Crippen molar-refractivity contribution >= 4 is 0 Å². The van der Waals surface area contributed by atoms with Crippen LogP contribution in [-0.2, 0) is 6.42 Å². The van der Waals surface area contributed by atoms with Gasteiger partial charge in [-0.25, -0.2) is 0 Å². The van der Waals surface area contributed by atoms with Crippen LogP contribution in [0.15, 0.2) is 30.5 Å². The molecule has 0 saturated carbocycles. The summed E-state index contributed by atoms with van der Waals surface area (Å²) in [5.41, 5.74) is 5.15. The Morgan fingerprint density at radius 3 is 2.45 bits per heavy atom. The SMILES string of the molecule is CNC(Cc1ccn(C(C)C)n1)c1ccc(C)c(C)c1. The molecule has 1 unspecified atom stereocenters. The molecule has 2 aromatic rings. The zero-order chi connectivity index (χ0) is 14.7. The monoisotopic (exact) mass is 271 g/mol. The highest BCUT2D eigenvalue weighted by Crippen LogP contribution is 2.20. The van der Waals surface area contributed by atoms with E-state index in [-0.39, 0.29) is 0 Å². The van der Waals surface area contributed by atoms with Crippen molar-refractivity contribution in [3.8, 4) is 0 Å². The van der Waals surface area contributed by atoms with Crippen LogP contribution in [0.2, 0.25) is 0 Å². The van der Waals surface area contributed by atoms with Crippen molar-refractivity contribution in [3.05, 3.63) is 52.8 Å². The van der Waals surface area contributed by atoms with E-state index < -0.39 is 0 Å². The normalized spacial score (nSPS) is 12.9. The van der Waals surface area contributed by atoms with Crippen LogP contribution in [0.25, 0.3) is 0 Å². The first-order valence-corrected chi connectivity index (χ1v) is 7.29. The lowest BCUT2D eigenvalue weighted by Gasteiger charge is -2.17. The lowest BCUT2D eigenvalue weighted by atomic mass is 9.98. The van der Waals surface area contributed by atoms with Crippen LogP contribution < -0.4 is 5.32 Å². The van der Waals surface area contributed by atoms with Gasteiger partial charge in [-0.05, 0) is 57.5 Å². The van der Waals surface area contributed by atoms with E-state index in [9.17, 15) is 0 Å². The third-order valence-corrected chi connectivity index (χ3v) is 3.89. The number of nitrogens with one attached hydrogen (secondary N) is 1. The fourth-order valence-corrected chi connectivity index (χ4v) is 2.35. The Morgan fingerprint density at radius 2 is 1.90 bits per heavy atom. The Balaban J connectivity index is 2.17. The van der Waals surface area contributed by atoms with Gasteiger partial charge in [0.1, 0.15) is 0 Å². The standard InChI is InChI=1S/C17H25N3/c1-12(2)20-9-8-16(19-20)11-17(18-5)15-7-6-13(3)14(4)10-15/h6-10,12,17-18H,11H2,1-5H3. The molecule has 1 aromatic carbocycles. The average molecular weight is 271 g/mol. The molecule has 1 atom stereocenters. The zero-order valence-electron chi connectivity index (χ0n) is 13.1. The maximum atomic E-state index is 4.64. The molecule has 0 aliphatic carbocycles. The molecular weight excluding hydrogens is 246 g/mol. The Bertz CT molecular complexity index is 569. The molecule has 0 spiro atoms. The van der Waals surface area contributed by atoms with Crippen molar-refractivity contribution in [2.24, 2.45) is 0 Å². The summed E-state index contributed by atoms with van der Waals surface area (Å²) in [6, 6.07) is 9.52. The molecular formula is C17H25N3. The quantitative estimate of drug-likeness (QED) is 0.900.